The molecule has 3 fully saturated rings. The number of likely N-dealkylation sites (tertiary alicyclic amines) is 1. The van der Waals surface area contributed by atoms with E-state index < -0.39 is 17.3 Å². The molecular formula is C20H24F3NO2. The number of carbonyl (C=O) groups is 1. The minimum Gasteiger partial charge on any atom is -0.390 e. The number of rotatable bonds is 2. The van der Waals surface area contributed by atoms with E-state index in [0.29, 0.717) is 31.5 Å². The normalized spacial score (nSPS) is 30.5. The van der Waals surface area contributed by atoms with Gasteiger partial charge >= 0.3 is 6.18 Å². The van der Waals surface area contributed by atoms with Gasteiger partial charge in [-0.15, -0.1) is 0 Å². The predicted molar refractivity (Wildman–Crippen MR) is 90.5 cm³/mol. The van der Waals surface area contributed by atoms with Crippen molar-refractivity contribution in [3.05, 3.63) is 34.9 Å². The highest BCUT2D eigenvalue weighted by molar-refractivity contribution is 5.81. The number of benzene rings is 1. The molecule has 1 aliphatic heterocycles. The zero-order chi connectivity index (χ0) is 18.9. The Kier molecular flexibility index (Phi) is 3.75. The smallest absolute Gasteiger partial charge is 0.390 e. The molecule has 1 heterocycles. The average molecular weight is 367 g/mol. The number of amides is 1. The summed E-state index contributed by atoms with van der Waals surface area (Å²) in [5.41, 5.74) is 0.220. The molecule has 0 bridgehead atoms. The molecule has 1 saturated heterocycles. The van der Waals surface area contributed by atoms with Crippen molar-refractivity contribution in [2.45, 2.75) is 57.2 Å². The molecule has 1 aromatic carbocycles. The fraction of sp³-hybridized carbons (Fsp3) is 0.650. The van der Waals surface area contributed by atoms with Gasteiger partial charge in [0.25, 0.3) is 0 Å². The van der Waals surface area contributed by atoms with Gasteiger partial charge in [0, 0.05) is 24.4 Å². The van der Waals surface area contributed by atoms with E-state index in [2.05, 4.69) is 0 Å². The van der Waals surface area contributed by atoms with E-state index in [0.717, 1.165) is 18.4 Å². The van der Waals surface area contributed by atoms with Crippen molar-refractivity contribution in [2.75, 3.05) is 13.1 Å². The Morgan fingerprint density at radius 1 is 1.15 bits per heavy atom. The van der Waals surface area contributed by atoms with E-state index in [1.165, 1.54) is 12.1 Å². The Balaban J connectivity index is 1.34. The molecule has 0 aromatic heterocycles. The summed E-state index contributed by atoms with van der Waals surface area (Å²) in [5, 5.41) is 9.78. The van der Waals surface area contributed by atoms with Crippen molar-refractivity contribution in [3.63, 3.8) is 0 Å². The first-order valence-corrected chi connectivity index (χ1v) is 9.16. The third-order valence-corrected chi connectivity index (χ3v) is 6.34. The van der Waals surface area contributed by atoms with Gasteiger partial charge in [0.2, 0.25) is 5.91 Å². The fourth-order valence-corrected chi connectivity index (χ4v) is 5.05. The molecule has 1 N–H and O–H groups in total. The standard InChI is InChI=1S/C20H24F3NO2/c1-12-3-13(5-16(4-12)20(21,22)23)14-8-19(9-14)10-24(11-19)17(25)15-6-18(2,26)7-15/h3-5,14-15,26H,6-11H2,1-2H3. The van der Waals surface area contributed by atoms with Crippen molar-refractivity contribution in [2.24, 2.45) is 11.3 Å². The molecule has 1 spiro atoms. The predicted octanol–water partition coefficient (Wildman–Crippen LogP) is 3.88. The number of aryl methyl sites for hydroxylation is 1. The summed E-state index contributed by atoms with van der Waals surface area (Å²) in [6.45, 7) is 4.87. The number of carbonyl (C=O) groups excluding carboxylic acids is 1. The van der Waals surface area contributed by atoms with Crippen LogP contribution in [0.3, 0.4) is 0 Å². The number of halogens is 3. The van der Waals surface area contributed by atoms with Crippen LogP contribution in [-0.2, 0) is 11.0 Å². The van der Waals surface area contributed by atoms with E-state index in [1.807, 2.05) is 11.0 Å². The molecule has 3 nitrogen and oxygen atoms in total. The van der Waals surface area contributed by atoms with Gasteiger partial charge in [0.15, 0.2) is 0 Å². The third-order valence-electron chi connectivity index (χ3n) is 6.34. The Morgan fingerprint density at radius 3 is 2.31 bits per heavy atom. The summed E-state index contributed by atoms with van der Waals surface area (Å²) in [5.74, 6) is 0.211. The average Bonchev–Trinajstić information content (AvgIpc) is 2.39. The highest BCUT2D eigenvalue weighted by atomic mass is 19.4. The molecule has 3 aliphatic rings. The van der Waals surface area contributed by atoms with Crippen LogP contribution in [0.25, 0.3) is 0 Å². The Bertz CT molecular complexity index is 734. The minimum absolute atomic E-state index is 0.0654. The first kappa shape index (κ1) is 17.8. The molecule has 4 rings (SSSR count). The number of aliphatic hydroxyl groups is 1. The van der Waals surface area contributed by atoms with Gasteiger partial charge in [0.05, 0.1) is 11.2 Å². The SMILES string of the molecule is Cc1cc(C2CC3(C2)CN(C(=O)C2CC(C)(O)C2)C3)cc(C(F)(F)F)c1. The maximum absolute atomic E-state index is 13.0. The summed E-state index contributed by atoms with van der Waals surface area (Å²) < 4.78 is 39.0. The largest absolute Gasteiger partial charge is 0.416 e. The van der Waals surface area contributed by atoms with E-state index in [1.54, 1.807) is 13.8 Å². The number of hydrogen-bond acceptors (Lipinski definition) is 2. The van der Waals surface area contributed by atoms with Crippen molar-refractivity contribution in [1.82, 2.24) is 4.90 Å². The Hall–Kier alpha value is -1.56. The van der Waals surface area contributed by atoms with Gasteiger partial charge < -0.3 is 10.0 Å². The second-order valence-corrected chi connectivity index (χ2v) is 9.03. The third kappa shape index (κ3) is 3.02. The molecule has 0 atom stereocenters. The highest BCUT2D eigenvalue weighted by Crippen LogP contribution is 2.57. The van der Waals surface area contributed by atoms with Crippen LogP contribution in [0.5, 0.6) is 0 Å². The van der Waals surface area contributed by atoms with E-state index in [4.69, 9.17) is 0 Å². The summed E-state index contributed by atoms with van der Waals surface area (Å²) >= 11 is 0. The van der Waals surface area contributed by atoms with E-state index in [-0.39, 0.29) is 23.2 Å². The van der Waals surface area contributed by atoms with Crippen LogP contribution in [-0.4, -0.2) is 34.6 Å². The lowest BCUT2D eigenvalue weighted by Crippen LogP contribution is -2.65. The van der Waals surface area contributed by atoms with Gasteiger partial charge in [-0.1, -0.05) is 11.6 Å². The number of hydrogen-bond donors (Lipinski definition) is 1. The van der Waals surface area contributed by atoms with Gasteiger partial charge in [-0.3, -0.25) is 4.79 Å². The van der Waals surface area contributed by atoms with Crippen LogP contribution in [0, 0.1) is 18.3 Å². The van der Waals surface area contributed by atoms with Crippen LogP contribution in [0.4, 0.5) is 13.2 Å². The zero-order valence-corrected chi connectivity index (χ0v) is 15.1. The summed E-state index contributed by atoms with van der Waals surface area (Å²) in [4.78, 5) is 14.2. The lowest BCUT2D eigenvalue weighted by atomic mass is 9.55. The van der Waals surface area contributed by atoms with Gasteiger partial charge in [-0.05, 0) is 63.1 Å². The van der Waals surface area contributed by atoms with Crippen LogP contribution < -0.4 is 0 Å². The highest BCUT2D eigenvalue weighted by Gasteiger charge is 2.56. The maximum atomic E-state index is 13.0. The second-order valence-electron chi connectivity index (χ2n) is 9.03. The van der Waals surface area contributed by atoms with Gasteiger partial charge in [0.1, 0.15) is 0 Å². The molecule has 1 amide bonds. The van der Waals surface area contributed by atoms with Gasteiger partial charge in [-0.25, -0.2) is 0 Å². The van der Waals surface area contributed by atoms with Crippen LogP contribution in [0.2, 0.25) is 0 Å². The first-order valence-electron chi connectivity index (χ1n) is 9.16. The summed E-state index contributed by atoms with van der Waals surface area (Å²) in [6.07, 6.45) is -1.56. The number of nitrogens with zero attached hydrogens (tertiary/aromatic N) is 1. The summed E-state index contributed by atoms with van der Waals surface area (Å²) in [6, 6.07) is 4.32. The molecule has 0 radical (unpaired) electrons. The van der Waals surface area contributed by atoms with Crippen molar-refractivity contribution >= 4 is 5.91 Å². The van der Waals surface area contributed by atoms with E-state index in [9.17, 15) is 23.1 Å². The molecule has 142 valence electrons. The van der Waals surface area contributed by atoms with Crippen LogP contribution in [0.15, 0.2) is 18.2 Å². The van der Waals surface area contributed by atoms with Crippen molar-refractivity contribution in [1.29, 1.82) is 0 Å². The maximum Gasteiger partial charge on any atom is 0.416 e. The molecule has 6 heteroatoms. The lowest BCUT2D eigenvalue weighted by molar-refractivity contribution is -0.168. The molecule has 0 unspecified atom stereocenters. The minimum atomic E-state index is -4.31. The molecule has 2 saturated carbocycles. The zero-order valence-electron chi connectivity index (χ0n) is 15.1. The lowest BCUT2D eigenvalue weighted by Gasteiger charge is -2.60. The first-order chi connectivity index (χ1) is 12.0. The van der Waals surface area contributed by atoms with Crippen LogP contribution >= 0.6 is 0 Å². The molecule has 26 heavy (non-hydrogen) atoms. The summed E-state index contributed by atoms with van der Waals surface area (Å²) in [7, 11) is 0. The van der Waals surface area contributed by atoms with Crippen molar-refractivity contribution in [3.8, 4) is 0 Å². The Labute approximate surface area is 151 Å². The topological polar surface area (TPSA) is 40.5 Å². The quantitative estimate of drug-likeness (QED) is 0.862. The monoisotopic (exact) mass is 367 g/mol. The fourth-order valence-electron chi connectivity index (χ4n) is 5.05. The molecule has 1 aromatic rings. The van der Waals surface area contributed by atoms with Gasteiger partial charge in [-0.2, -0.15) is 13.2 Å². The second kappa shape index (κ2) is 5.47. The van der Waals surface area contributed by atoms with Crippen LogP contribution in [0.1, 0.15) is 55.2 Å². The number of alkyl halides is 3. The Morgan fingerprint density at radius 2 is 1.77 bits per heavy atom. The molecule has 2 aliphatic carbocycles. The molecular weight excluding hydrogens is 343 g/mol. The van der Waals surface area contributed by atoms with Crippen molar-refractivity contribution < 1.29 is 23.1 Å². The van der Waals surface area contributed by atoms with E-state index >= 15 is 0 Å².